The Morgan fingerprint density at radius 2 is 1.58 bits per heavy atom. The third-order valence-corrected chi connectivity index (χ3v) is 2.60. The summed E-state index contributed by atoms with van der Waals surface area (Å²) in [5.74, 6) is 0. The molecule has 2 aromatic rings. The number of nitrogens with two attached hydrogens (primary N) is 2. The van der Waals surface area contributed by atoms with Gasteiger partial charge in [-0.05, 0) is 30.3 Å². The summed E-state index contributed by atoms with van der Waals surface area (Å²) < 4.78 is 38.4. The van der Waals surface area contributed by atoms with Crippen molar-refractivity contribution in [2.24, 2.45) is 0 Å². The summed E-state index contributed by atoms with van der Waals surface area (Å²) in [5.41, 5.74) is 11.5. The first-order chi connectivity index (χ1) is 8.88. The maximum absolute atomic E-state index is 12.8. The molecule has 0 fully saturated rings. The van der Waals surface area contributed by atoms with Crippen molar-refractivity contribution >= 4 is 22.7 Å². The lowest BCUT2D eigenvalue weighted by atomic mass is 10.1. The van der Waals surface area contributed by atoms with Gasteiger partial charge in [0, 0.05) is 5.69 Å². The molecule has 2 aromatic carbocycles. The van der Waals surface area contributed by atoms with Crippen molar-refractivity contribution in [3.8, 4) is 0 Å². The van der Waals surface area contributed by atoms with Crippen LogP contribution in [-0.2, 0) is 6.18 Å². The average Bonchev–Trinajstić information content (AvgIpc) is 2.33. The Kier molecular flexibility index (Phi) is 3.25. The van der Waals surface area contributed by atoms with E-state index in [1.165, 1.54) is 30.3 Å². The third-order valence-electron chi connectivity index (χ3n) is 2.60. The van der Waals surface area contributed by atoms with Crippen molar-refractivity contribution in [1.29, 1.82) is 0 Å². The Morgan fingerprint density at radius 3 is 2.21 bits per heavy atom. The van der Waals surface area contributed by atoms with Crippen LogP contribution in [0.5, 0.6) is 0 Å². The van der Waals surface area contributed by atoms with Crippen molar-refractivity contribution in [3.05, 3.63) is 48.0 Å². The summed E-state index contributed by atoms with van der Waals surface area (Å²) in [4.78, 5) is 0. The van der Waals surface area contributed by atoms with E-state index in [2.05, 4.69) is 5.32 Å². The first-order valence-corrected chi connectivity index (χ1v) is 5.46. The highest BCUT2D eigenvalue weighted by molar-refractivity contribution is 5.73. The van der Waals surface area contributed by atoms with Crippen LogP contribution >= 0.6 is 0 Å². The number of para-hydroxylation sites is 1. The molecular formula is C13H12F3N3. The van der Waals surface area contributed by atoms with Gasteiger partial charge in [-0.3, -0.25) is 0 Å². The maximum Gasteiger partial charge on any atom is 0.418 e. The number of anilines is 4. The van der Waals surface area contributed by atoms with Crippen LogP contribution in [0, 0.1) is 0 Å². The predicted molar refractivity (Wildman–Crippen MR) is 70.0 cm³/mol. The SMILES string of the molecule is Nc1ccc(Nc2ccccc2C(F)(F)F)cc1N. The molecule has 19 heavy (non-hydrogen) atoms. The zero-order valence-corrected chi connectivity index (χ0v) is 9.83. The van der Waals surface area contributed by atoms with Crippen LogP contribution < -0.4 is 16.8 Å². The molecule has 0 amide bonds. The zero-order chi connectivity index (χ0) is 14.0. The molecule has 0 saturated heterocycles. The number of rotatable bonds is 2. The van der Waals surface area contributed by atoms with E-state index >= 15 is 0 Å². The minimum absolute atomic E-state index is 0.0285. The number of hydrogen-bond donors (Lipinski definition) is 3. The molecule has 0 heterocycles. The molecule has 0 aliphatic heterocycles. The first kappa shape index (κ1) is 13.1. The Balaban J connectivity index is 2.36. The lowest BCUT2D eigenvalue weighted by Crippen LogP contribution is -2.08. The van der Waals surface area contributed by atoms with Crippen molar-refractivity contribution in [2.45, 2.75) is 6.18 Å². The van der Waals surface area contributed by atoms with Gasteiger partial charge in [0.15, 0.2) is 0 Å². The minimum atomic E-state index is -4.41. The second-order valence-corrected chi connectivity index (χ2v) is 4.01. The van der Waals surface area contributed by atoms with Crippen molar-refractivity contribution in [1.82, 2.24) is 0 Å². The number of nitrogen functional groups attached to an aromatic ring is 2. The summed E-state index contributed by atoms with van der Waals surface area (Å²) in [6.45, 7) is 0. The summed E-state index contributed by atoms with van der Waals surface area (Å²) >= 11 is 0. The second-order valence-electron chi connectivity index (χ2n) is 4.01. The molecule has 0 atom stereocenters. The highest BCUT2D eigenvalue weighted by Gasteiger charge is 2.33. The number of alkyl halides is 3. The minimum Gasteiger partial charge on any atom is -0.397 e. The standard InChI is InChI=1S/C13H12F3N3/c14-13(15,16)9-3-1-2-4-12(9)19-8-5-6-10(17)11(18)7-8/h1-7,19H,17-18H2. The second kappa shape index (κ2) is 4.72. The molecule has 5 N–H and O–H groups in total. The molecule has 0 radical (unpaired) electrons. The van der Waals surface area contributed by atoms with Crippen LogP contribution in [0.3, 0.4) is 0 Å². The number of nitrogens with one attached hydrogen (secondary N) is 1. The van der Waals surface area contributed by atoms with Gasteiger partial charge in [0.25, 0.3) is 0 Å². The fraction of sp³-hybridized carbons (Fsp3) is 0.0769. The van der Waals surface area contributed by atoms with E-state index in [0.717, 1.165) is 6.07 Å². The molecule has 0 bridgehead atoms. The maximum atomic E-state index is 12.8. The summed E-state index contributed by atoms with van der Waals surface area (Å²) in [6, 6.07) is 9.83. The Bertz CT molecular complexity index is 594. The van der Waals surface area contributed by atoms with E-state index in [9.17, 15) is 13.2 Å². The fourth-order valence-electron chi connectivity index (χ4n) is 1.65. The van der Waals surface area contributed by atoms with Crippen LogP contribution in [0.15, 0.2) is 42.5 Å². The van der Waals surface area contributed by atoms with E-state index in [1.807, 2.05) is 0 Å². The molecule has 0 spiro atoms. The third kappa shape index (κ3) is 2.90. The summed E-state index contributed by atoms with van der Waals surface area (Å²) in [6.07, 6.45) is -4.41. The van der Waals surface area contributed by atoms with E-state index in [0.29, 0.717) is 17.1 Å². The van der Waals surface area contributed by atoms with Gasteiger partial charge >= 0.3 is 6.18 Å². The monoisotopic (exact) mass is 267 g/mol. The van der Waals surface area contributed by atoms with Crippen LogP contribution in [0.2, 0.25) is 0 Å². The van der Waals surface area contributed by atoms with Crippen LogP contribution in [0.1, 0.15) is 5.56 Å². The number of halogens is 3. The van der Waals surface area contributed by atoms with Crippen LogP contribution in [0.4, 0.5) is 35.9 Å². The van der Waals surface area contributed by atoms with E-state index < -0.39 is 11.7 Å². The molecule has 0 aliphatic rings. The number of benzene rings is 2. The molecule has 0 unspecified atom stereocenters. The lowest BCUT2D eigenvalue weighted by molar-refractivity contribution is -0.136. The normalized spacial score (nSPS) is 11.3. The van der Waals surface area contributed by atoms with Gasteiger partial charge in [-0.15, -0.1) is 0 Å². The van der Waals surface area contributed by atoms with Gasteiger partial charge in [-0.2, -0.15) is 13.2 Å². The van der Waals surface area contributed by atoms with Gasteiger partial charge in [-0.25, -0.2) is 0 Å². The molecular weight excluding hydrogens is 255 g/mol. The van der Waals surface area contributed by atoms with Crippen LogP contribution in [0.25, 0.3) is 0 Å². The molecule has 0 saturated carbocycles. The topological polar surface area (TPSA) is 64.1 Å². The predicted octanol–water partition coefficient (Wildman–Crippen LogP) is 3.61. The Morgan fingerprint density at radius 1 is 0.895 bits per heavy atom. The Hall–Kier alpha value is -2.37. The smallest absolute Gasteiger partial charge is 0.397 e. The van der Waals surface area contributed by atoms with E-state index in [1.54, 1.807) is 6.07 Å². The first-order valence-electron chi connectivity index (χ1n) is 5.46. The molecule has 0 aliphatic carbocycles. The Labute approximate surface area is 108 Å². The molecule has 6 heteroatoms. The van der Waals surface area contributed by atoms with E-state index in [-0.39, 0.29) is 5.69 Å². The van der Waals surface area contributed by atoms with Gasteiger partial charge in [0.05, 0.1) is 22.6 Å². The summed E-state index contributed by atoms with van der Waals surface area (Å²) in [7, 11) is 0. The quantitative estimate of drug-likeness (QED) is 0.728. The highest BCUT2D eigenvalue weighted by atomic mass is 19.4. The van der Waals surface area contributed by atoms with Gasteiger partial charge in [0.1, 0.15) is 0 Å². The highest BCUT2D eigenvalue weighted by Crippen LogP contribution is 2.36. The molecule has 100 valence electrons. The van der Waals surface area contributed by atoms with Crippen molar-refractivity contribution in [2.75, 3.05) is 16.8 Å². The molecule has 3 nitrogen and oxygen atoms in total. The fourth-order valence-corrected chi connectivity index (χ4v) is 1.65. The average molecular weight is 267 g/mol. The lowest BCUT2D eigenvalue weighted by Gasteiger charge is -2.14. The van der Waals surface area contributed by atoms with Crippen molar-refractivity contribution < 1.29 is 13.2 Å². The largest absolute Gasteiger partial charge is 0.418 e. The van der Waals surface area contributed by atoms with Gasteiger partial charge in [0.2, 0.25) is 0 Å². The van der Waals surface area contributed by atoms with Gasteiger partial charge < -0.3 is 16.8 Å². The molecule has 0 aromatic heterocycles. The van der Waals surface area contributed by atoms with E-state index in [4.69, 9.17) is 11.5 Å². The van der Waals surface area contributed by atoms with Crippen LogP contribution in [-0.4, -0.2) is 0 Å². The van der Waals surface area contributed by atoms with Gasteiger partial charge in [-0.1, -0.05) is 12.1 Å². The zero-order valence-electron chi connectivity index (χ0n) is 9.83. The summed E-state index contributed by atoms with van der Waals surface area (Å²) in [5, 5.41) is 2.69. The molecule has 2 rings (SSSR count). The number of hydrogen-bond acceptors (Lipinski definition) is 3. The van der Waals surface area contributed by atoms with Crippen molar-refractivity contribution in [3.63, 3.8) is 0 Å².